The molecule has 0 saturated carbocycles. The van der Waals surface area contributed by atoms with E-state index >= 15 is 0 Å². The Morgan fingerprint density at radius 1 is 1.40 bits per heavy atom. The van der Waals surface area contributed by atoms with Gasteiger partial charge < -0.3 is 20.0 Å². The third kappa shape index (κ3) is 5.09. The molecule has 1 heterocycles. The van der Waals surface area contributed by atoms with Crippen LogP contribution in [0, 0.1) is 0 Å². The van der Waals surface area contributed by atoms with Gasteiger partial charge in [0, 0.05) is 26.2 Å². The monoisotopic (exact) mass is 234 g/mol. The predicted molar refractivity (Wildman–Crippen MR) is 55.5 cm³/mol. The van der Waals surface area contributed by atoms with Crippen molar-refractivity contribution in [2.75, 3.05) is 32.3 Å². The van der Waals surface area contributed by atoms with E-state index < -0.39 is 7.60 Å². The molecule has 86 valence electrons. The zero-order chi connectivity index (χ0) is 11.3. The molecule has 0 aromatic carbocycles. The van der Waals surface area contributed by atoms with E-state index in [-0.39, 0.29) is 12.1 Å². The maximum absolute atomic E-state index is 11.4. The molecular formula is C8H15N2O4P. The fraction of sp³-hybridized carbons (Fsp3) is 0.625. The topological polar surface area (TPSA) is 89.9 Å². The third-order valence-corrected chi connectivity index (χ3v) is 2.72. The molecule has 1 fully saturated rings. The van der Waals surface area contributed by atoms with Gasteiger partial charge in [-0.15, -0.1) is 0 Å². The Kier molecular flexibility index (Phi) is 4.47. The smallest absolute Gasteiger partial charge is 0.329 e. The SMILES string of the molecule is O=C(/C=C/CP(=O)(O)O)N1CCNCC1. The van der Waals surface area contributed by atoms with Crippen LogP contribution in [0.5, 0.6) is 0 Å². The van der Waals surface area contributed by atoms with Crippen LogP contribution in [-0.2, 0) is 9.36 Å². The summed E-state index contributed by atoms with van der Waals surface area (Å²) in [5, 5.41) is 3.11. The third-order valence-electron chi connectivity index (χ3n) is 2.03. The molecule has 1 saturated heterocycles. The Labute approximate surface area is 88.1 Å². The van der Waals surface area contributed by atoms with Gasteiger partial charge in [-0.2, -0.15) is 0 Å². The van der Waals surface area contributed by atoms with Gasteiger partial charge in [0.1, 0.15) is 0 Å². The van der Waals surface area contributed by atoms with Crippen LogP contribution < -0.4 is 5.32 Å². The lowest BCUT2D eigenvalue weighted by molar-refractivity contribution is -0.126. The molecule has 0 aromatic rings. The van der Waals surface area contributed by atoms with Gasteiger partial charge in [-0.25, -0.2) is 0 Å². The molecule has 0 bridgehead atoms. The molecule has 0 radical (unpaired) electrons. The summed E-state index contributed by atoms with van der Waals surface area (Å²) in [6.45, 7) is 2.80. The summed E-state index contributed by atoms with van der Waals surface area (Å²) >= 11 is 0. The Bertz CT molecular complexity index is 293. The Morgan fingerprint density at radius 2 is 2.00 bits per heavy atom. The van der Waals surface area contributed by atoms with Gasteiger partial charge in [0.15, 0.2) is 0 Å². The van der Waals surface area contributed by atoms with Crippen LogP contribution in [0.2, 0.25) is 0 Å². The van der Waals surface area contributed by atoms with E-state index in [9.17, 15) is 9.36 Å². The van der Waals surface area contributed by atoms with Crippen LogP contribution in [0.3, 0.4) is 0 Å². The van der Waals surface area contributed by atoms with Gasteiger partial charge in [-0.05, 0) is 6.08 Å². The van der Waals surface area contributed by atoms with Crippen LogP contribution in [0.15, 0.2) is 12.2 Å². The molecule has 1 rings (SSSR count). The van der Waals surface area contributed by atoms with Crippen molar-refractivity contribution in [1.82, 2.24) is 10.2 Å². The van der Waals surface area contributed by atoms with Crippen molar-refractivity contribution in [3.63, 3.8) is 0 Å². The summed E-state index contributed by atoms with van der Waals surface area (Å²) in [6.07, 6.45) is 2.07. The number of carbonyl (C=O) groups excluding carboxylic acids is 1. The molecule has 15 heavy (non-hydrogen) atoms. The minimum Gasteiger partial charge on any atom is -0.337 e. The van der Waals surface area contributed by atoms with Gasteiger partial charge in [0.25, 0.3) is 0 Å². The number of hydrogen-bond donors (Lipinski definition) is 3. The number of hydrogen-bond acceptors (Lipinski definition) is 3. The molecular weight excluding hydrogens is 219 g/mol. The van der Waals surface area contributed by atoms with Gasteiger partial charge in [0.2, 0.25) is 5.91 Å². The second kappa shape index (κ2) is 5.42. The number of allylic oxidation sites excluding steroid dienone is 1. The second-order valence-corrected chi connectivity index (χ2v) is 5.02. The zero-order valence-electron chi connectivity index (χ0n) is 8.30. The maximum atomic E-state index is 11.4. The molecule has 0 unspecified atom stereocenters. The average Bonchev–Trinajstić information content (AvgIpc) is 2.17. The van der Waals surface area contributed by atoms with E-state index in [1.165, 1.54) is 12.2 Å². The molecule has 1 aliphatic rings. The zero-order valence-corrected chi connectivity index (χ0v) is 9.19. The van der Waals surface area contributed by atoms with Crippen LogP contribution >= 0.6 is 7.60 Å². The first-order valence-corrected chi connectivity index (χ1v) is 6.49. The predicted octanol–water partition coefficient (Wildman–Crippen LogP) is -0.848. The lowest BCUT2D eigenvalue weighted by atomic mass is 10.3. The van der Waals surface area contributed by atoms with Crippen molar-refractivity contribution in [2.45, 2.75) is 0 Å². The lowest BCUT2D eigenvalue weighted by Gasteiger charge is -2.26. The number of amides is 1. The highest BCUT2D eigenvalue weighted by Gasteiger charge is 2.14. The summed E-state index contributed by atoms with van der Waals surface area (Å²) in [5.74, 6) is -0.190. The van der Waals surface area contributed by atoms with E-state index in [4.69, 9.17) is 9.79 Å². The first kappa shape index (κ1) is 12.4. The van der Waals surface area contributed by atoms with Crippen LogP contribution in [-0.4, -0.2) is 52.9 Å². The van der Waals surface area contributed by atoms with Crippen LogP contribution in [0.4, 0.5) is 0 Å². The first-order valence-electron chi connectivity index (χ1n) is 4.70. The van der Waals surface area contributed by atoms with Crippen molar-refractivity contribution >= 4 is 13.5 Å². The average molecular weight is 234 g/mol. The van der Waals surface area contributed by atoms with Crippen LogP contribution in [0.25, 0.3) is 0 Å². The summed E-state index contributed by atoms with van der Waals surface area (Å²) in [5.41, 5.74) is 0. The lowest BCUT2D eigenvalue weighted by Crippen LogP contribution is -2.45. The second-order valence-electron chi connectivity index (χ2n) is 3.32. The van der Waals surface area contributed by atoms with E-state index in [2.05, 4.69) is 5.32 Å². The molecule has 1 aliphatic heterocycles. The molecule has 0 spiro atoms. The van der Waals surface area contributed by atoms with E-state index in [1.54, 1.807) is 4.90 Å². The highest BCUT2D eigenvalue weighted by atomic mass is 31.2. The van der Waals surface area contributed by atoms with Crippen molar-refractivity contribution in [3.05, 3.63) is 12.2 Å². The van der Waals surface area contributed by atoms with Gasteiger partial charge >= 0.3 is 7.60 Å². The fourth-order valence-corrected chi connectivity index (χ4v) is 1.66. The van der Waals surface area contributed by atoms with Gasteiger partial charge in [-0.1, -0.05) is 6.08 Å². The molecule has 0 aromatic heterocycles. The van der Waals surface area contributed by atoms with Crippen LogP contribution in [0.1, 0.15) is 0 Å². The van der Waals surface area contributed by atoms with E-state index in [1.807, 2.05) is 0 Å². The van der Waals surface area contributed by atoms with Crippen molar-refractivity contribution in [2.24, 2.45) is 0 Å². The standard InChI is InChI=1S/C8H15N2O4P/c11-8(2-1-7-15(12,13)14)10-5-3-9-4-6-10/h1-2,9H,3-7H2,(H2,12,13,14)/b2-1+. The number of piperazine rings is 1. The molecule has 0 atom stereocenters. The Hall–Kier alpha value is -0.680. The normalized spacial score (nSPS) is 18.4. The summed E-state index contributed by atoms with van der Waals surface area (Å²) in [6, 6.07) is 0. The first-order chi connectivity index (χ1) is 6.99. The van der Waals surface area contributed by atoms with E-state index in [0.717, 1.165) is 13.1 Å². The molecule has 0 aliphatic carbocycles. The van der Waals surface area contributed by atoms with Crippen molar-refractivity contribution < 1.29 is 19.1 Å². The fourth-order valence-electron chi connectivity index (χ4n) is 1.28. The van der Waals surface area contributed by atoms with Gasteiger partial charge in [0.05, 0.1) is 6.16 Å². The highest BCUT2D eigenvalue weighted by Crippen LogP contribution is 2.33. The van der Waals surface area contributed by atoms with Crippen molar-refractivity contribution in [3.8, 4) is 0 Å². The quantitative estimate of drug-likeness (QED) is 0.437. The van der Waals surface area contributed by atoms with E-state index in [0.29, 0.717) is 13.1 Å². The summed E-state index contributed by atoms with van der Waals surface area (Å²) in [4.78, 5) is 30.2. The number of rotatable bonds is 3. The molecule has 6 nitrogen and oxygen atoms in total. The van der Waals surface area contributed by atoms with Gasteiger partial charge in [-0.3, -0.25) is 9.36 Å². The largest absolute Gasteiger partial charge is 0.337 e. The number of carbonyl (C=O) groups is 1. The minimum absolute atomic E-state index is 0.190. The summed E-state index contributed by atoms with van der Waals surface area (Å²) in [7, 11) is -4.03. The molecule has 1 amide bonds. The maximum Gasteiger partial charge on any atom is 0.329 e. The van der Waals surface area contributed by atoms with Crippen molar-refractivity contribution in [1.29, 1.82) is 0 Å². The number of nitrogens with one attached hydrogen (secondary N) is 1. The minimum atomic E-state index is -4.03. The number of nitrogens with zero attached hydrogens (tertiary/aromatic N) is 1. The Balaban J connectivity index is 2.37. The highest BCUT2D eigenvalue weighted by molar-refractivity contribution is 7.51. The molecule has 3 N–H and O–H groups in total. The summed E-state index contributed by atoms with van der Waals surface area (Å²) < 4.78 is 10.5. The molecule has 7 heteroatoms. The Morgan fingerprint density at radius 3 is 2.53 bits per heavy atom.